The quantitative estimate of drug-likeness (QED) is 0.872. The Hall–Kier alpha value is -2.37. The van der Waals surface area contributed by atoms with E-state index in [2.05, 4.69) is 20.3 Å². The van der Waals surface area contributed by atoms with Crippen LogP contribution < -0.4 is 14.8 Å². The molecule has 0 aliphatic carbocycles. The molecule has 106 valence electrons. The van der Waals surface area contributed by atoms with Gasteiger partial charge in [0.05, 0.1) is 19.3 Å². The van der Waals surface area contributed by atoms with Crippen LogP contribution in [0.1, 0.15) is 13.3 Å². The second-order valence-corrected chi connectivity index (χ2v) is 4.06. The molecule has 1 N–H and O–H groups in total. The third kappa shape index (κ3) is 3.14. The average molecular weight is 274 g/mol. The van der Waals surface area contributed by atoms with Crippen LogP contribution in [-0.2, 0) is 0 Å². The zero-order valence-electron chi connectivity index (χ0n) is 11.9. The van der Waals surface area contributed by atoms with Crippen molar-refractivity contribution in [3.05, 3.63) is 24.3 Å². The first-order valence-electron chi connectivity index (χ1n) is 6.48. The first-order chi connectivity index (χ1) is 9.78. The van der Waals surface area contributed by atoms with Gasteiger partial charge in [0, 0.05) is 7.05 Å². The smallest absolute Gasteiger partial charge is 0.321 e. The van der Waals surface area contributed by atoms with Crippen molar-refractivity contribution in [3.8, 4) is 23.1 Å². The summed E-state index contributed by atoms with van der Waals surface area (Å²) in [4.78, 5) is 12.9. The number of nitrogens with zero attached hydrogens (tertiary/aromatic N) is 3. The van der Waals surface area contributed by atoms with E-state index in [1.54, 1.807) is 14.2 Å². The van der Waals surface area contributed by atoms with Crippen molar-refractivity contribution in [2.45, 2.75) is 13.3 Å². The predicted molar refractivity (Wildman–Crippen MR) is 77.1 cm³/mol. The number of hydrogen-bond donors (Lipinski definition) is 1. The molecule has 0 saturated carbocycles. The van der Waals surface area contributed by atoms with Gasteiger partial charge in [-0.1, -0.05) is 19.1 Å². The fourth-order valence-electron chi connectivity index (χ4n) is 1.68. The van der Waals surface area contributed by atoms with Crippen LogP contribution in [0.15, 0.2) is 24.3 Å². The summed E-state index contributed by atoms with van der Waals surface area (Å²) in [5.41, 5.74) is 0.801. The number of para-hydroxylation sites is 1. The van der Waals surface area contributed by atoms with Gasteiger partial charge in [0.2, 0.25) is 5.95 Å². The molecule has 0 atom stereocenters. The van der Waals surface area contributed by atoms with Crippen molar-refractivity contribution in [2.24, 2.45) is 0 Å². The molecule has 6 nitrogen and oxygen atoms in total. The maximum Gasteiger partial charge on any atom is 0.321 e. The molecule has 2 rings (SSSR count). The first kappa shape index (κ1) is 14.0. The van der Waals surface area contributed by atoms with Crippen molar-refractivity contribution < 1.29 is 9.47 Å². The Morgan fingerprint density at radius 1 is 1.15 bits per heavy atom. The third-order valence-electron chi connectivity index (χ3n) is 2.62. The van der Waals surface area contributed by atoms with E-state index >= 15 is 0 Å². The molecule has 0 aliphatic heterocycles. The minimum atomic E-state index is 0.312. The van der Waals surface area contributed by atoms with Crippen LogP contribution in [-0.4, -0.2) is 35.7 Å². The third-order valence-corrected chi connectivity index (χ3v) is 2.62. The van der Waals surface area contributed by atoms with E-state index < -0.39 is 0 Å². The normalized spacial score (nSPS) is 10.2. The zero-order valence-corrected chi connectivity index (χ0v) is 11.9. The highest BCUT2D eigenvalue weighted by Crippen LogP contribution is 2.28. The number of methoxy groups -OCH3 is 1. The van der Waals surface area contributed by atoms with Crippen LogP contribution in [0.25, 0.3) is 11.4 Å². The molecule has 20 heavy (non-hydrogen) atoms. The number of anilines is 1. The molecule has 0 unspecified atom stereocenters. The molecule has 0 amide bonds. The number of aromatic nitrogens is 3. The van der Waals surface area contributed by atoms with E-state index in [1.807, 2.05) is 31.2 Å². The fraction of sp³-hybridized carbons (Fsp3) is 0.357. The number of hydrogen-bond acceptors (Lipinski definition) is 6. The number of benzene rings is 1. The van der Waals surface area contributed by atoms with Crippen LogP contribution in [0.2, 0.25) is 0 Å². The van der Waals surface area contributed by atoms with Crippen LogP contribution in [0.3, 0.4) is 0 Å². The van der Waals surface area contributed by atoms with Gasteiger partial charge in [-0.3, -0.25) is 0 Å². The Labute approximate surface area is 118 Å². The van der Waals surface area contributed by atoms with Gasteiger partial charge in [0.1, 0.15) is 5.75 Å². The summed E-state index contributed by atoms with van der Waals surface area (Å²) in [5.74, 6) is 1.70. The second-order valence-electron chi connectivity index (χ2n) is 4.06. The van der Waals surface area contributed by atoms with E-state index in [4.69, 9.17) is 9.47 Å². The second kappa shape index (κ2) is 6.70. The van der Waals surface area contributed by atoms with Gasteiger partial charge in [-0.05, 0) is 18.6 Å². The van der Waals surface area contributed by atoms with Gasteiger partial charge in [0.15, 0.2) is 5.82 Å². The molecule has 0 bridgehead atoms. The molecule has 6 heteroatoms. The summed E-state index contributed by atoms with van der Waals surface area (Å²) in [6, 6.07) is 7.89. The van der Waals surface area contributed by atoms with Crippen LogP contribution in [0.4, 0.5) is 5.95 Å². The maximum atomic E-state index is 5.49. The minimum absolute atomic E-state index is 0.312. The first-order valence-corrected chi connectivity index (χ1v) is 6.48. The summed E-state index contributed by atoms with van der Waals surface area (Å²) in [6.07, 6.45) is 0.893. The summed E-state index contributed by atoms with van der Waals surface area (Å²) >= 11 is 0. The van der Waals surface area contributed by atoms with Crippen molar-refractivity contribution in [2.75, 3.05) is 26.1 Å². The SMILES string of the molecule is CCCOc1nc(NC)nc(-c2ccccc2OC)n1. The molecular weight excluding hydrogens is 256 g/mol. The lowest BCUT2D eigenvalue weighted by atomic mass is 10.2. The summed E-state index contributed by atoms with van der Waals surface area (Å²) in [6.45, 7) is 2.60. The largest absolute Gasteiger partial charge is 0.496 e. The average Bonchev–Trinajstić information content (AvgIpc) is 2.52. The van der Waals surface area contributed by atoms with Gasteiger partial charge >= 0.3 is 6.01 Å². The highest BCUT2D eigenvalue weighted by Gasteiger charge is 2.12. The fourth-order valence-corrected chi connectivity index (χ4v) is 1.68. The Morgan fingerprint density at radius 3 is 2.65 bits per heavy atom. The molecule has 1 aromatic carbocycles. The molecule has 1 heterocycles. The Morgan fingerprint density at radius 2 is 1.95 bits per heavy atom. The summed E-state index contributed by atoms with van der Waals surface area (Å²) in [5, 5.41) is 2.91. The minimum Gasteiger partial charge on any atom is -0.496 e. The molecule has 0 saturated heterocycles. The summed E-state index contributed by atoms with van der Waals surface area (Å²) in [7, 11) is 3.37. The van der Waals surface area contributed by atoms with Gasteiger partial charge in [-0.2, -0.15) is 15.0 Å². The van der Waals surface area contributed by atoms with Crippen molar-refractivity contribution in [1.29, 1.82) is 0 Å². The van der Waals surface area contributed by atoms with Crippen LogP contribution in [0.5, 0.6) is 11.8 Å². The van der Waals surface area contributed by atoms with Crippen LogP contribution >= 0.6 is 0 Å². The van der Waals surface area contributed by atoms with Gasteiger partial charge in [-0.15, -0.1) is 0 Å². The standard InChI is InChI=1S/C14H18N4O2/c1-4-9-20-14-17-12(16-13(15-2)18-14)10-7-5-6-8-11(10)19-3/h5-8H,4,9H2,1-3H3,(H,15,16,17,18). The molecule has 0 fully saturated rings. The van der Waals surface area contributed by atoms with Gasteiger partial charge in [0.25, 0.3) is 0 Å². The summed E-state index contributed by atoms with van der Waals surface area (Å²) < 4.78 is 10.8. The van der Waals surface area contributed by atoms with Gasteiger partial charge < -0.3 is 14.8 Å². The van der Waals surface area contributed by atoms with E-state index in [-0.39, 0.29) is 0 Å². The highest BCUT2D eigenvalue weighted by molar-refractivity contribution is 5.64. The highest BCUT2D eigenvalue weighted by atomic mass is 16.5. The van der Waals surface area contributed by atoms with E-state index in [1.165, 1.54) is 0 Å². The van der Waals surface area contributed by atoms with Gasteiger partial charge in [-0.25, -0.2) is 0 Å². The molecular formula is C14H18N4O2. The molecule has 0 radical (unpaired) electrons. The molecule has 1 aromatic heterocycles. The molecule has 0 spiro atoms. The topological polar surface area (TPSA) is 69.2 Å². The monoisotopic (exact) mass is 274 g/mol. The Bertz CT molecular complexity index is 575. The Kier molecular flexibility index (Phi) is 4.70. The van der Waals surface area contributed by atoms with Crippen molar-refractivity contribution >= 4 is 5.95 Å². The van der Waals surface area contributed by atoms with E-state index in [0.29, 0.717) is 30.1 Å². The lowest BCUT2D eigenvalue weighted by Crippen LogP contribution is -2.06. The number of ether oxygens (including phenoxy) is 2. The van der Waals surface area contributed by atoms with Crippen molar-refractivity contribution in [3.63, 3.8) is 0 Å². The number of rotatable bonds is 6. The number of nitrogens with one attached hydrogen (secondary N) is 1. The van der Waals surface area contributed by atoms with Crippen molar-refractivity contribution in [1.82, 2.24) is 15.0 Å². The Balaban J connectivity index is 2.44. The van der Waals surface area contributed by atoms with E-state index in [9.17, 15) is 0 Å². The molecule has 2 aromatic rings. The lowest BCUT2D eigenvalue weighted by molar-refractivity contribution is 0.292. The van der Waals surface area contributed by atoms with Crippen LogP contribution in [0, 0.1) is 0 Å². The maximum absolute atomic E-state index is 5.49. The lowest BCUT2D eigenvalue weighted by Gasteiger charge is -2.10. The predicted octanol–water partition coefficient (Wildman–Crippen LogP) is 2.38. The zero-order chi connectivity index (χ0) is 14.4. The molecule has 0 aliphatic rings. The van der Waals surface area contributed by atoms with E-state index in [0.717, 1.165) is 12.0 Å².